The quantitative estimate of drug-likeness (QED) is 0.656. The fourth-order valence-electron chi connectivity index (χ4n) is 4.33. The van der Waals surface area contributed by atoms with Crippen molar-refractivity contribution in [3.63, 3.8) is 0 Å². The van der Waals surface area contributed by atoms with Crippen molar-refractivity contribution in [2.24, 2.45) is 5.92 Å². The topological polar surface area (TPSA) is 76.0 Å². The first-order valence-electron chi connectivity index (χ1n) is 10.8. The number of hydrogen-bond acceptors (Lipinski definition) is 5. The Morgan fingerprint density at radius 2 is 2.10 bits per heavy atom. The third-order valence-electron chi connectivity index (χ3n) is 5.97. The molecule has 1 fully saturated rings. The number of fused-ring (bicyclic) bond motifs is 1. The molecule has 2 aromatic heterocycles. The number of piperidine rings is 1. The molecule has 0 bridgehead atoms. The number of halogens is 2. The predicted molar refractivity (Wildman–Crippen MR) is 130 cm³/mol. The lowest BCUT2D eigenvalue weighted by atomic mass is 9.99. The Morgan fingerprint density at radius 1 is 1.29 bits per heavy atom. The van der Waals surface area contributed by atoms with Gasteiger partial charge in [0.05, 0.1) is 10.7 Å². The fraction of sp³-hybridized carbons (Fsp3) is 0.591. The first-order chi connectivity index (χ1) is 14.1. The van der Waals surface area contributed by atoms with Crippen LogP contribution >= 0.6 is 36.2 Å². The molecule has 1 aliphatic carbocycles. The Morgan fingerprint density at radius 3 is 2.84 bits per heavy atom. The van der Waals surface area contributed by atoms with E-state index >= 15 is 0 Å². The van der Waals surface area contributed by atoms with Crippen LogP contribution in [-0.4, -0.2) is 35.1 Å². The first kappa shape index (κ1) is 25.8. The number of amides is 1. The van der Waals surface area contributed by atoms with Crippen LogP contribution in [0.1, 0.15) is 57.2 Å². The Labute approximate surface area is 200 Å². The van der Waals surface area contributed by atoms with Gasteiger partial charge in [-0.25, -0.2) is 4.98 Å². The maximum absolute atomic E-state index is 12.9. The van der Waals surface area contributed by atoms with Gasteiger partial charge in [0, 0.05) is 30.6 Å². The summed E-state index contributed by atoms with van der Waals surface area (Å²) in [5, 5.41) is 7.41. The van der Waals surface area contributed by atoms with Gasteiger partial charge in [0.2, 0.25) is 0 Å². The van der Waals surface area contributed by atoms with Crippen LogP contribution in [0.5, 0.6) is 0 Å². The van der Waals surface area contributed by atoms with Crippen molar-refractivity contribution in [1.29, 1.82) is 0 Å². The molecule has 3 heterocycles. The predicted octanol–water partition coefficient (Wildman–Crippen LogP) is 3.31. The third kappa shape index (κ3) is 6.31. The monoisotopic (exact) mass is 486 g/mol. The van der Waals surface area contributed by atoms with E-state index in [2.05, 4.69) is 10.6 Å². The van der Waals surface area contributed by atoms with Crippen molar-refractivity contribution < 1.29 is 4.79 Å². The smallest absolute Gasteiger partial charge is 0.263 e. The number of carbonyl (C=O) groups is 1. The van der Waals surface area contributed by atoms with Crippen molar-refractivity contribution in [2.75, 3.05) is 19.6 Å². The molecule has 1 unspecified atom stereocenters. The van der Waals surface area contributed by atoms with Gasteiger partial charge in [0.15, 0.2) is 0 Å². The number of nitrogens with one attached hydrogen (secondary N) is 2. The molecule has 2 N–H and O–H groups in total. The third-order valence-corrected chi connectivity index (χ3v) is 7.19. The number of nitrogens with zero attached hydrogens (tertiary/aromatic N) is 2. The second-order valence-corrected chi connectivity index (χ2v) is 9.40. The summed E-state index contributed by atoms with van der Waals surface area (Å²) < 4.78 is 1.70. The van der Waals surface area contributed by atoms with Gasteiger partial charge in [0.25, 0.3) is 11.5 Å². The molecule has 1 aliphatic heterocycles. The summed E-state index contributed by atoms with van der Waals surface area (Å²) in [7, 11) is 0. The van der Waals surface area contributed by atoms with Crippen LogP contribution in [0.2, 0.25) is 0 Å². The number of aryl methyl sites for hydroxylation is 3. The normalized spacial score (nSPS) is 17.8. The van der Waals surface area contributed by atoms with Crippen LogP contribution in [0.4, 0.5) is 0 Å². The number of carbonyl (C=O) groups excluding carboxylic acids is 1. The molecule has 1 amide bonds. The molecular weight excluding hydrogens is 455 g/mol. The zero-order valence-electron chi connectivity index (χ0n) is 17.9. The Kier molecular flexibility index (Phi) is 10.0. The molecule has 2 aromatic rings. The fourth-order valence-corrected chi connectivity index (χ4v) is 5.48. The van der Waals surface area contributed by atoms with Crippen LogP contribution in [0.15, 0.2) is 17.1 Å². The van der Waals surface area contributed by atoms with Gasteiger partial charge in [0.1, 0.15) is 5.56 Å². The van der Waals surface area contributed by atoms with E-state index in [1.54, 1.807) is 15.9 Å². The number of aromatic nitrogens is 2. The van der Waals surface area contributed by atoms with Crippen molar-refractivity contribution in [1.82, 2.24) is 20.2 Å². The molecule has 1 atom stereocenters. The highest BCUT2D eigenvalue weighted by atomic mass is 35.5. The summed E-state index contributed by atoms with van der Waals surface area (Å²) in [6, 6.07) is 1.88. The average molecular weight is 487 g/mol. The van der Waals surface area contributed by atoms with Crippen LogP contribution < -0.4 is 16.2 Å². The summed E-state index contributed by atoms with van der Waals surface area (Å²) in [6.45, 7) is 4.98. The number of rotatable bonds is 6. The average Bonchev–Trinajstić information content (AvgIpc) is 3.14. The Bertz CT molecular complexity index is 915. The zero-order chi connectivity index (χ0) is 20.2. The summed E-state index contributed by atoms with van der Waals surface area (Å²) >= 11 is 1.78. The Balaban J connectivity index is 0.00000171. The lowest BCUT2D eigenvalue weighted by Gasteiger charge is -2.23. The minimum atomic E-state index is -0.273. The summed E-state index contributed by atoms with van der Waals surface area (Å²) in [5.74, 6) is 0.168. The van der Waals surface area contributed by atoms with Crippen molar-refractivity contribution in [2.45, 2.75) is 58.4 Å². The van der Waals surface area contributed by atoms with E-state index in [9.17, 15) is 9.59 Å². The van der Waals surface area contributed by atoms with Gasteiger partial charge in [-0.15, -0.1) is 36.2 Å². The highest BCUT2D eigenvalue weighted by Gasteiger charge is 2.19. The van der Waals surface area contributed by atoms with Crippen LogP contribution in [-0.2, 0) is 25.8 Å². The van der Waals surface area contributed by atoms with E-state index in [1.807, 2.05) is 19.2 Å². The van der Waals surface area contributed by atoms with E-state index in [0.717, 1.165) is 55.8 Å². The molecule has 172 valence electrons. The minimum Gasteiger partial charge on any atom is -0.351 e. The highest BCUT2D eigenvalue weighted by Crippen LogP contribution is 2.26. The molecule has 0 saturated carbocycles. The van der Waals surface area contributed by atoms with E-state index < -0.39 is 0 Å². The molecule has 2 aliphatic rings. The van der Waals surface area contributed by atoms with E-state index in [1.165, 1.54) is 23.4 Å². The molecular formula is C22H32Cl2N4O2S. The molecule has 0 spiro atoms. The van der Waals surface area contributed by atoms with E-state index in [-0.39, 0.29) is 41.8 Å². The maximum atomic E-state index is 12.9. The molecule has 31 heavy (non-hydrogen) atoms. The second-order valence-electron chi connectivity index (χ2n) is 8.23. The highest BCUT2D eigenvalue weighted by molar-refractivity contribution is 7.11. The molecule has 6 nitrogen and oxygen atoms in total. The lowest BCUT2D eigenvalue weighted by molar-refractivity contribution is 0.0951. The summed E-state index contributed by atoms with van der Waals surface area (Å²) in [4.78, 5) is 31.8. The summed E-state index contributed by atoms with van der Waals surface area (Å²) in [6.07, 6.45) is 9.49. The standard InChI is InChI=1S/C22H30N4O2S.2ClH/c1-15-9-12-26(14-16-5-4-10-23-13-16)22(28)20(15)21(27)24-11-8-19-25-17-6-2-3-7-18(17)29-19;;/h9,12,16,23H,2-8,10-11,13-14H2,1H3,(H,24,27);2*1H. The van der Waals surface area contributed by atoms with Gasteiger partial charge in [-0.3, -0.25) is 9.59 Å². The first-order valence-corrected chi connectivity index (χ1v) is 11.6. The molecule has 0 aromatic carbocycles. The van der Waals surface area contributed by atoms with Crippen LogP contribution in [0.25, 0.3) is 0 Å². The maximum Gasteiger partial charge on any atom is 0.263 e. The largest absolute Gasteiger partial charge is 0.351 e. The van der Waals surface area contributed by atoms with Crippen LogP contribution in [0, 0.1) is 12.8 Å². The minimum absolute atomic E-state index is 0. The molecule has 4 rings (SSSR count). The van der Waals surface area contributed by atoms with Gasteiger partial charge in [-0.1, -0.05) is 0 Å². The summed E-state index contributed by atoms with van der Waals surface area (Å²) in [5.41, 5.74) is 2.07. The zero-order valence-corrected chi connectivity index (χ0v) is 20.4. The van der Waals surface area contributed by atoms with E-state index in [4.69, 9.17) is 4.98 Å². The number of pyridine rings is 1. The number of thiazole rings is 1. The van der Waals surface area contributed by atoms with Crippen molar-refractivity contribution in [3.05, 3.63) is 49.3 Å². The lowest BCUT2D eigenvalue weighted by Crippen LogP contribution is -2.38. The van der Waals surface area contributed by atoms with Gasteiger partial charge < -0.3 is 15.2 Å². The Hall–Kier alpha value is -1.41. The molecule has 0 radical (unpaired) electrons. The van der Waals surface area contributed by atoms with Crippen molar-refractivity contribution >= 4 is 42.1 Å². The van der Waals surface area contributed by atoms with E-state index in [0.29, 0.717) is 19.0 Å². The number of hydrogen-bond donors (Lipinski definition) is 2. The second kappa shape index (κ2) is 12.0. The van der Waals surface area contributed by atoms with Gasteiger partial charge in [-0.2, -0.15) is 0 Å². The van der Waals surface area contributed by atoms with Gasteiger partial charge in [-0.05, 0) is 76.1 Å². The molecule has 9 heteroatoms. The van der Waals surface area contributed by atoms with Gasteiger partial charge >= 0.3 is 0 Å². The molecule has 1 saturated heterocycles. The SMILES string of the molecule is Cc1ccn(CC2CCCNC2)c(=O)c1C(=O)NCCc1nc2c(s1)CCCC2.Cl.Cl. The van der Waals surface area contributed by atoms with Crippen molar-refractivity contribution in [3.8, 4) is 0 Å². The van der Waals surface area contributed by atoms with Crippen LogP contribution in [0.3, 0.4) is 0 Å².